The lowest BCUT2D eigenvalue weighted by atomic mass is 10.0. The van der Waals surface area contributed by atoms with E-state index in [9.17, 15) is 9.59 Å². The van der Waals surface area contributed by atoms with E-state index in [1.165, 1.54) is 12.8 Å². The molecular formula is C20H29N3O3. The fourth-order valence-corrected chi connectivity index (χ4v) is 3.74. The minimum absolute atomic E-state index is 0.00719. The molecule has 2 fully saturated rings. The van der Waals surface area contributed by atoms with E-state index in [4.69, 9.17) is 4.74 Å². The van der Waals surface area contributed by atoms with Crippen LogP contribution in [0.15, 0.2) is 12.1 Å². The maximum absolute atomic E-state index is 12.9. The lowest BCUT2D eigenvalue weighted by Gasteiger charge is -2.35. The molecule has 1 aliphatic carbocycles. The van der Waals surface area contributed by atoms with Gasteiger partial charge in [-0.1, -0.05) is 12.8 Å². The smallest absolute Gasteiger partial charge is 0.317 e. The van der Waals surface area contributed by atoms with Gasteiger partial charge in [0.25, 0.3) is 5.91 Å². The molecule has 1 aromatic carbocycles. The summed E-state index contributed by atoms with van der Waals surface area (Å²) in [6.07, 6.45) is 4.56. The average molecular weight is 359 g/mol. The Kier molecular flexibility index (Phi) is 5.69. The van der Waals surface area contributed by atoms with Gasteiger partial charge in [-0.25, -0.2) is 4.79 Å². The van der Waals surface area contributed by atoms with Crippen LogP contribution in [0, 0.1) is 13.8 Å². The zero-order valence-corrected chi connectivity index (χ0v) is 16.0. The Balaban J connectivity index is 1.60. The Bertz CT molecular complexity index is 675. The van der Waals surface area contributed by atoms with Crippen molar-refractivity contribution < 1.29 is 14.3 Å². The highest BCUT2D eigenvalue weighted by Crippen LogP contribution is 2.25. The molecule has 1 saturated carbocycles. The molecule has 1 aliphatic heterocycles. The molecular weight excluding hydrogens is 330 g/mol. The van der Waals surface area contributed by atoms with Gasteiger partial charge >= 0.3 is 6.03 Å². The summed E-state index contributed by atoms with van der Waals surface area (Å²) in [4.78, 5) is 28.9. The topological polar surface area (TPSA) is 61.9 Å². The summed E-state index contributed by atoms with van der Waals surface area (Å²) >= 11 is 0. The van der Waals surface area contributed by atoms with Crippen LogP contribution in [0.2, 0.25) is 0 Å². The Morgan fingerprint density at radius 1 is 1.00 bits per heavy atom. The molecule has 0 bridgehead atoms. The fraction of sp³-hybridized carbons (Fsp3) is 0.600. The molecule has 1 heterocycles. The highest BCUT2D eigenvalue weighted by Gasteiger charge is 2.28. The van der Waals surface area contributed by atoms with Crippen LogP contribution >= 0.6 is 0 Å². The molecule has 3 rings (SSSR count). The monoisotopic (exact) mass is 359 g/mol. The van der Waals surface area contributed by atoms with Gasteiger partial charge in [0.2, 0.25) is 0 Å². The second-order valence-electron chi connectivity index (χ2n) is 7.35. The van der Waals surface area contributed by atoms with E-state index in [-0.39, 0.29) is 11.9 Å². The lowest BCUT2D eigenvalue weighted by molar-refractivity contribution is 0.0660. The summed E-state index contributed by atoms with van der Waals surface area (Å²) in [6.45, 7) is 6.24. The zero-order chi connectivity index (χ0) is 18.7. The Morgan fingerprint density at radius 2 is 1.58 bits per heavy atom. The van der Waals surface area contributed by atoms with E-state index in [1.54, 1.807) is 7.11 Å². The fourth-order valence-electron chi connectivity index (χ4n) is 3.74. The summed E-state index contributed by atoms with van der Waals surface area (Å²) in [7, 11) is 1.59. The van der Waals surface area contributed by atoms with Crippen molar-refractivity contribution in [3.05, 3.63) is 28.8 Å². The van der Waals surface area contributed by atoms with Gasteiger partial charge < -0.3 is 19.9 Å². The number of aryl methyl sites for hydroxylation is 2. The molecule has 1 N–H and O–H groups in total. The molecule has 0 atom stereocenters. The highest BCUT2D eigenvalue weighted by molar-refractivity contribution is 5.97. The predicted octanol–water partition coefficient (Wildman–Crippen LogP) is 2.72. The molecule has 2 aliphatic rings. The molecule has 6 nitrogen and oxygen atoms in total. The van der Waals surface area contributed by atoms with E-state index in [1.807, 2.05) is 35.8 Å². The number of rotatable bonds is 3. The largest absolute Gasteiger partial charge is 0.496 e. The van der Waals surface area contributed by atoms with Crippen LogP contribution in [-0.2, 0) is 0 Å². The third-order valence-corrected chi connectivity index (χ3v) is 5.58. The van der Waals surface area contributed by atoms with Crippen LogP contribution < -0.4 is 10.1 Å². The molecule has 0 aromatic heterocycles. The number of benzene rings is 1. The van der Waals surface area contributed by atoms with Crippen LogP contribution in [-0.4, -0.2) is 61.1 Å². The van der Waals surface area contributed by atoms with Gasteiger partial charge in [-0.05, 0) is 49.9 Å². The maximum atomic E-state index is 12.9. The second kappa shape index (κ2) is 7.98. The van der Waals surface area contributed by atoms with Gasteiger partial charge in [-0.15, -0.1) is 0 Å². The predicted molar refractivity (Wildman–Crippen MR) is 101 cm³/mol. The first kappa shape index (κ1) is 18.5. The molecule has 3 amide bonds. The van der Waals surface area contributed by atoms with E-state index in [0.717, 1.165) is 24.0 Å². The normalized spacial score (nSPS) is 18.1. The summed E-state index contributed by atoms with van der Waals surface area (Å²) in [5.74, 6) is 0.584. The minimum Gasteiger partial charge on any atom is -0.496 e. The van der Waals surface area contributed by atoms with Crippen LogP contribution in [0.25, 0.3) is 0 Å². The summed E-state index contributed by atoms with van der Waals surface area (Å²) < 4.78 is 5.40. The van der Waals surface area contributed by atoms with Crippen LogP contribution in [0.5, 0.6) is 5.75 Å². The first-order valence-corrected chi connectivity index (χ1v) is 9.49. The van der Waals surface area contributed by atoms with E-state index >= 15 is 0 Å². The zero-order valence-electron chi connectivity index (χ0n) is 16.0. The number of piperazine rings is 1. The number of carbonyl (C=O) groups excluding carboxylic acids is 2. The first-order chi connectivity index (χ1) is 12.5. The SMILES string of the molecule is COc1cc(C)c(C)cc1C(=O)N1CCN(C(=O)NC2CCCC2)CC1. The van der Waals surface area contributed by atoms with Crippen molar-refractivity contribution in [3.8, 4) is 5.75 Å². The summed E-state index contributed by atoms with van der Waals surface area (Å²) in [6, 6.07) is 4.14. The maximum Gasteiger partial charge on any atom is 0.317 e. The first-order valence-electron chi connectivity index (χ1n) is 9.49. The molecule has 142 valence electrons. The van der Waals surface area contributed by atoms with Crippen LogP contribution in [0.1, 0.15) is 47.2 Å². The molecule has 6 heteroatoms. The van der Waals surface area contributed by atoms with Crippen molar-refractivity contribution in [1.82, 2.24) is 15.1 Å². The molecule has 0 unspecified atom stereocenters. The lowest BCUT2D eigenvalue weighted by Crippen LogP contribution is -2.54. The average Bonchev–Trinajstić information content (AvgIpc) is 3.16. The summed E-state index contributed by atoms with van der Waals surface area (Å²) in [5.41, 5.74) is 2.77. The molecule has 0 spiro atoms. The number of ether oxygens (including phenoxy) is 1. The van der Waals surface area contributed by atoms with Crippen LogP contribution in [0.3, 0.4) is 0 Å². The van der Waals surface area contributed by atoms with Crippen molar-refractivity contribution in [3.63, 3.8) is 0 Å². The van der Waals surface area contributed by atoms with Crippen molar-refractivity contribution in [1.29, 1.82) is 0 Å². The van der Waals surface area contributed by atoms with Gasteiger partial charge in [-0.3, -0.25) is 4.79 Å². The van der Waals surface area contributed by atoms with Crippen LogP contribution in [0.4, 0.5) is 4.79 Å². The number of hydrogen-bond donors (Lipinski definition) is 1. The number of carbonyl (C=O) groups is 2. The number of nitrogens with one attached hydrogen (secondary N) is 1. The van der Waals surface area contributed by atoms with Gasteiger partial charge in [-0.2, -0.15) is 0 Å². The Labute approximate surface area is 155 Å². The number of urea groups is 1. The third-order valence-electron chi connectivity index (χ3n) is 5.58. The van der Waals surface area contributed by atoms with Gasteiger partial charge in [0.1, 0.15) is 5.75 Å². The van der Waals surface area contributed by atoms with Gasteiger partial charge in [0, 0.05) is 32.2 Å². The highest BCUT2D eigenvalue weighted by atomic mass is 16.5. The van der Waals surface area contributed by atoms with E-state index < -0.39 is 0 Å². The van der Waals surface area contributed by atoms with Crippen molar-refractivity contribution in [2.24, 2.45) is 0 Å². The number of methoxy groups -OCH3 is 1. The van der Waals surface area contributed by atoms with E-state index in [2.05, 4.69) is 5.32 Å². The number of amides is 3. The van der Waals surface area contributed by atoms with Crippen molar-refractivity contribution >= 4 is 11.9 Å². The Morgan fingerprint density at radius 3 is 2.19 bits per heavy atom. The number of nitrogens with zero attached hydrogens (tertiary/aromatic N) is 2. The Hall–Kier alpha value is -2.24. The van der Waals surface area contributed by atoms with Crippen molar-refractivity contribution in [2.75, 3.05) is 33.3 Å². The van der Waals surface area contributed by atoms with Crippen molar-refractivity contribution in [2.45, 2.75) is 45.6 Å². The minimum atomic E-state index is -0.0270. The summed E-state index contributed by atoms with van der Waals surface area (Å²) in [5, 5.41) is 3.12. The van der Waals surface area contributed by atoms with Gasteiger partial charge in [0.15, 0.2) is 0 Å². The second-order valence-corrected chi connectivity index (χ2v) is 7.35. The molecule has 1 aromatic rings. The quantitative estimate of drug-likeness (QED) is 0.903. The van der Waals surface area contributed by atoms with E-state index in [0.29, 0.717) is 43.5 Å². The molecule has 26 heavy (non-hydrogen) atoms. The van der Waals surface area contributed by atoms with Gasteiger partial charge in [0.05, 0.1) is 12.7 Å². The molecule has 0 radical (unpaired) electrons. The third kappa shape index (κ3) is 3.94. The number of hydrogen-bond acceptors (Lipinski definition) is 3. The standard InChI is InChI=1S/C20H29N3O3/c1-14-12-17(18(26-3)13-15(14)2)19(24)22-8-10-23(11-9-22)20(25)21-16-6-4-5-7-16/h12-13,16H,4-11H2,1-3H3,(H,21,25). The molecule has 1 saturated heterocycles.